The fourth-order valence-electron chi connectivity index (χ4n) is 4.07. The van der Waals surface area contributed by atoms with Crippen molar-refractivity contribution in [2.24, 2.45) is 10.4 Å². The molecule has 32 heavy (non-hydrogen) atoms. The lowest BCUT2D eigenvalue weighted by atomic mass is 10.3. The van der Waals surface area contributed by atoms with Crippen molar-refractivity contribution in [3.05, 3.63) is 53.4 Å². The number of fused-ring (bicyclic) bond motifs is 2. The maximum absolute atomic E-state index is 14.1. The van der Waals surface area contributed by atoms with Gasteiger partial charge in [-0.3, -0.25) is 5.32 Å². The third-order valence-corrected chi connectivity index (χ3v) is 10.8. The molecular formula is C17H16N6O7S2. The minimum absolute atomic E-state index is 0.0683. The highest BCUT2D eigenvalue weighted by atomic mass is 32.3. The van der Waals surface area contributed by atoms with Crippen LogP contribution in [0, 0.1) is 4.91 Å². The van der Waals surface area contributed by atoms with E-state index in [1.807, 2.05) is 0 Å². The van der Waals surface area contributed by atoms with E-state index >= 15 is 0 Å². The van der Waals surface area contributed by atoms with E-state index in [4.69, 9.17) is 4.74 Å². The zero-order valence-electron chi connectivity index (χ0n) is 16.2. The summed E-state index contributed by atoms with van der Waals surface area (Å²) in [6.45, 7) is -0.409. The van der Waals surface area contributed by atoms with Crippen LogP contribution < -0.4 is 10.1 Å². The van der Waals surface area contributed by atoms with Gasteiger partial charge in [0.15, 0.2) is 0 Å². The summed E-state index contributed by atoms with van der Waals surface area (Å²) >= 11 is 0. The molecule has 8 rings (SSSR count). The summed E-state index contributed by atoms with van der Waals surface area (Å²) in [5.74, 6) is 0.0255. The van der Waals surface area contributed by atoms with E-state index in [0.29, 0.717) is 11.5 Å². The van der Waals surface area contributed by atoms with Crippen molar-refractivity contribution in [3.63, 3.8) is 0 Å². The molecule has 2 saturated heterocycles. The summed E-state index contributed by atoms with van der Waals surface area (Å²) in [7, 11) is -9.85. The largest absolute Gasteiger partial charge is 0.457 e. The Balaban J connectivity index is 1.94. The summed E-state index contributed by atoms with van der Waals surface area (Å²) in [5, 5.41) is 18.4. The van der Waals surface area contributed by atoms with Gasteiger partial charge in [0.1, 0.15) is 11.5 Å². The molecule has 0 aromatic heterocycles. The number of benzene rings is 2. The van der Waals surface area contributed by atoms with Gasteiger partial charge in [-0.25, -0.2) is 21.7 Å². The molecule has 1 spiro atoms. The number of ether oxygens (including phenoxy) is 1. The van der Waals surface area contributed by atoms with Crippen molar-refractivity contribution in [2.45, 2.75) is 14.1 Å². The van der Waals surface area contributed by atoms with Crippen LogP contribution in [0.5, 0.6) is 11.5 Å². The molecule has 2 aromatic carbocycles. The number of rotatable bonds is 1. The molecule has 15 heteroatoms. The number of sulfone groups is 2. The van der Waals surface area contributed by atoms with Crippen LogP contribution in [0.2, 0.25) is 0 Å². The normalized spacial score (nSPS) is 25.8. The van der Waals surface area contributed by atoms with Gasteiger partial charge >= 0.3 is 4.33 Å². The molecule has 2 aromatic rings. The highest BCUT2D eigenvalue weighted by Gasteiger charge is 2.70. The second-order valence-corrected chi connectivity index (χ2v) is 11.5. The Bertz CT molecular complexity index is 1250. The quantitative estimate of drug-likeness (QED) is 0.332. The molecule has 2 fully saturated rings. The van der Waals surface area contributed by atoms with Crippen molar-refractivity contribution in [1.82, 2.24) is 20.1 Å². The SMILES string of the molecule is O=NN1C(=NO)N2CNCN(C2)C12S(=O)(=O)c1ccc(cc1)Oc1ccc(cc1)S2(=O)=O. The third-order valence-electron chi connectivity index (χ3n) is 5.46. The van der Waals surface area contributed by atoms with Crippen molar-refractivity contribution in [2.75, 3.05) is 20.0 Å². The fraction of sp³-hybridized carbons (Fsp3) is 0.235. The lowest BCUT2D eigenvalue weighted by Crippen LogP contribution is -2.79. The Morgan fingerprint density at radius 1 is 0.906 bits per heavy atom. The number of nitrogens with zero attached hydrogens (tertiary/aromatic N) is 5. The summed E-state index contributed by atoms with van der Waals surface area (Å²) in [4.78, 5) is 13.6. The molecule has 0 saturated carbocycles. The van der Waals surface area contributed by atoms with E-state index < -0.39 is 39.8 Å². The van der Waals surface area contributed by atoms with Crippen molar-refractivity contribution < 1.29 is 26.8 Å². The molecule has 168 valence electrons. The molecule has 1 atom stereocenters. The van der Waals surface area contributed by atoms with Crippen LogP contribution >= 0.6 is 0 Å². The molecule has 6 bridgehead atoms. The first-order chi connectivity index (χ1) is 15.3. The summed E-state index contributed by atoms with van der Waals surface area (Å²) < 4.78 is 59.0. The second kappa shape index (κ2) is 6.86. The highest BCUT2D eigenvalue weighted by molar-refractivity contribution is 8.10. The highest BCUT2D eigenvalue weighted by Crippen LogP contribution is 2.45. The van der Waals surface area contributed by atoms with Crippen LogP contribution in [0.15, 0.2) is 68.8 Å². The number of nitrogens with one attached hydrogen (secondary N) is 1. The van der Waals surface area contributed by atoms with Gasteiger partial charge in [-0.1, -0.05) is 0 Å². The Kier molecular flexibility index (Phi) is 4.42. The number of guanidine groups is 1. The lowest BCUT2D eigenvalue weighted by Gasteiger charge is -2.54. The number of hydrogen-bond acceptors (Lipinski definition) is 11. The summed E-state index contributed by atoms with van der Waals surface area (Å²) in [6, 6.07) is 10.2. The summed E-state index contributed by atoms with van der Waals surface area (Å²) in [5.41, 5.74) is 0. The predicted octanol–water partition coefficient (Wildman–Crippen LogP) is 0.473. The van der Waals surface area contributed by atoms with E-state index in [1.165, 1.54) is 53.4 Å². The second-order valence-electron chi connectivity index (χ2n) is 7.18. The van der Waals surface area contributed by atoms with Crippen LogP contribution in [0.4, 0.5) is 0 Å². The third kappa shape index (κ3) is 2.46. The summed E-state index contributed by atoms with van der Waals surface area (Å²) in [6.07, 6.45) is 0. The molecule has 6 heterocycles. The standard InChI is InChI=1S/C17H16N6O7S2/c24-19-16-21-9-18-10-22(11-21)17(23(16)20-25)31(26,27)14-5-1-12(2-6-14)30-13-3-7-15(8-4-13)32(17,28)29/h1-8,18,24H,9-11H2. The Morgan fingerprint density at radius 2 is 1.44 bits per heavy atom. The van der Waals surface area contributed by atoms with Crippen LogP contribution in [-0.2, 0) is 19.7 Å². The van der Waals surface area contributed by atoms with Gasteiger partial charge in [-0.2, -0.15) is 0 Å². The average Bonchev–Trinajstić information content (AvgIpc) is 2.78. The number of hydrogen-bond donors (Lipinski definition) is 2. The zero-order valence-corrected chi connectivity index (χ0v) is 17.8. The average molecular weight is 480 g/mol. The van der Waals surface area contributed by atoms with Gasteiger partial charge in [0.25, 0.3) is 5.96 Å². The van der Waals surface area contributed by atoms with Crippen molar-refractivity contribution in [3.8, 4) is 11.5 Å². The monoisotopic (exact) mass is 480 g/mol. The zero-order chi connectivity index (χ0) is 22.7. The number of nitroso groups, excluding NO2 is 1. The Labute approximate surface area is 182 Å². The van der Waals surface area contributed by atoms with Gasteiger partial charge in [-0.05, 0) is 53.7 Å². The minimum Gasteiger partial charge on any atom is -0.457 e. The maximum atomic E-state index is 14.1. The van der Waals surface area contributed by atoms with E-state index in [1.54, 1.807) is 0 Å². The Morgan fingerprint density at radius 3 is 1.91 bits per heavy atom. The van der Waals surface area contributed by atoms with Crippen molar-refractivity contribution in [1.29, 1.82) is 0 Å². The maximum Gasteiger partial charge on any atom is 0.336 e. The first-order valence-electron chi connectivity index (χ1n) is 9.21. The van der Waals surface area contributed by atoms with Gasteiger partial charge in [-0.15, -0.1) is 9.92 Å². The van der Waals surface area contributed by atoms with Gasteiger partial charge in [0.05, 0.1) is 35.1 Å². The van der Waals surface area contributed by atoms with Crippen molar-refractivity contribution >= 4 is 25.6 Å². The van der Waals surface area contributed by atoms with E-state index in [-0.39, 0.29) is 25.0 Å². The molecule has 13 nitrogen and oxygen atoms in total. The minimum atomic E-state index is -4.92. The molecule has 0 aliphatic carbocycles. The van der Waals surface area contributed by atoms with E-state index in [0.717, 1.165) is 4.90 Å². The first-order valence-corrected chi connectivity index (χ1v) is 12.2. The van der Waals surface area contributed by atoms with Crippen LogP contribution in [0.25, 0.3) is 0 Å². The molecule has 2 N–H and O–H groups in total. The molecule has 0 amide bonds. The molecule has 1 unspecified atom stereocenters. The number of oxime groups is 1. The molecule has 6 aliphatic rings. The van der Waals surface area contributed by atoms with E-state index in [9.17, 15) is 26.9 Å². The van der Waals surface area contributed by atoms with Gasteiger partial charge in [0.2, 0.25) is 19.7 Å². The van der Waals surface area contributed by atoms with E-state index in [2.05, 4.69) is 15.8 Å². The predicted molar refractivity (Wildman–Crippen MR) is 108 cm³/mol. The smallest absolute Gasteiger partial charge is 0.336 e. The Hall–Kier alpha value is -3.27. The van der Waals surface area contributed by atoms with Gasteiger partial charge < -0.3 is 14.8 Å². The fourth-order valence-corrected chi connectivity index (χ4v) is 9.01. The molecule has 0 radical (unpaired) electrons. The lowest BCUT2D eigenvalue weighted by molar-refractivity contribution is -0.0175. The first kappa shape index (κ1) is 20.6. The van der Waals surface area contributed by atoms with Crippen LogP contribution in [0.1, 0.15) is 0 Å². The molecular weight excluding hydrogens is 464 g/mol. The topological polar surface area (TPSA) is 161 Å². The molecule has 6 aliphatic heterocycles. The van der Waals surface area contributed by atoms with Crippen LogP contribution in [0.3, 0.4) is 0 Å². The van der Waals surface area contributed by atoms with Crippen LogP contribution in [-0.4, -0.2) is 67.1 Å². The van der Waals surface area contributed by atoms with Gasteiger partial charge in [0, 0.05) is 0 Å².